The van der Waals surface area contributed by atoms with Crippen LogP contribution in [0.4, 0.5) is 0 Å². The maximum absolute atomic E-state index is 12.4. The van der Waals surface area contributed by atoms with Crippen molar-refractivity contribution in [2.75, 3.05) is 7.11 Å². The Morgan fingerprint density at radius 3 is 2.62 bits per heavy atom. The van der Waals surface area contributed by atoms with Crippen molar-refractivity contribution in [3.63, 3.8) is 0 Å². The monoisotopic (exact) mass is 344 g/mol. The first kappa shape index (κ1) is 15.5. The number of fused-ring (bicyclic) bond motifs is 2. The van der Waals surface area contributed by atoms with Crippen LogP contribution in [0.25, 0.3) is 0 Å². The molecule has 3 atom stereocenters. The van der Waals surface area contributed by atoms with E-state index in [0.29, 0.717) is 22.0 Å². The lowest BCUT2D eigenvalue weighted by molar-refractivity contribution is 0.0935. The Morgan fingerprint density at radius 2 is 1.96 bits per heavy atom. The molecular formula is C18H20N2O3S. The highest BCUT2D eigenvalue weighted by atomic mass is 32.1. The number of amides is 1. The van der Waals surface area contributed by atoms with Gasteiger partial charge in [-0.05, 0) is 55.7 Å². The van der Waals surface area contributed by atoms with Crippen molar-refractivity contribution in [2.45, 2.75) is 37.4 Å². The number of rotatable bonds is 5. The van der Waals surface area contributed by atoms with Gasteiger partial charge in [-0.2, -0.15) is 0 Å². The lowest BCUT2D eigenvalue weighted by Crippen LogP contribution is -2.42. The second-order valence-corrected chi connectivity index (χ2v) is 7.31. The van der Waals surface area contributed by atoms with Gasteiger partial charge in [0, 0.05) is 18.1 Å². The van der Waals surface area contributed by atoms with E-state index in [0.717, 1.165) is 24.3 Å². The molecule has 1 aromatic carbocycles. The molecule has 4 rings (SSSR count). The largest absolute Gasteiger partial charge is 0.497 e. The highest BCUT2D eigenvalue weighted by Gasteiger charge is 2.39. The topological polar surface area (TPSA) is 59.6 Å². The van der Waals surface area contributed by atoms with Crippen LogP contribution in [0.5, 0.6) is 16.6 Å². The minimum Gasteiger partial charge on any atom is -0.497 e. The number of ether oxygens (including phenoxy) is 2. The van der Waals surface area contributed by atoms with Crippen LogP contribution in [0.3, 0.4) is 0 Å². The quantitative estimate of drug-likeness (QED) is 0.875. The molecule has 0 spiro atoms. The second kappa shape index (κ2) is 6.45. The van der Waals surface area contributed by atoms with Crippen LogP contribution in [0.1, 0.15) is 28.9 Å². The molecule has 1 amide bonds. The summed E-state index contributed by atoms with van der Waals surface area (Å²) in [4.78, 5) is 13.1. The number of methoxy groups -OCH3 is 1. The molecule has 5 nitrogen and oxygen atoms in total. The third kappa shape index (κ3) is 3.12. The number of benzene rings is 1. The molecule has 2 N–H and O–H groups in total. The van der Waals surface area contributed by atoms with Gasteiger partial charge in [-0.15, -0.1) is 0 Å². The van der Waals surface area contributed by atoms with Crippen molar-refractivity contribution in [3.05, 3.63) is 41.3 Å². The van der Waals surface area contributed by atoms with Crippen LogP contribution < -0.4 is 20.1 Å². The Balaban J connectivity index is 1.37. The predicted octanol–water partition coefficient (Wildman–Crippen LogP) is 3.17. The average Bonchev–Trinajstić information content (AvgIpc) is 3.32. The second-order valence-electron chi connectivity index (χ2n) is 6.26. The highest BCUT2D eigenvalue weighted by molar-refractivity contribution is 7.15. The Labute approximate surface area is 145 Å². The third-order valence-corrected chi connectivity index (χ3v) is 5.66. The van der Waals surface area contributed by atoms with Crippen LogP contribution in [-0.2, 0) is 0 Å². The molecule has 1 aromatic heterocycles. The van der Waals surface area contributed by atoms with Gasteiger partial charge < -0.3 is 20.1 Å². The van der Waals surface area contributed by atoms with E-state index in [9.17, 15) is 4.79 Å². The van der Waals surface area contributed by atoms with Gasteiger partial charge in [0.2, 0.25) is 0 Å². The maximum atomic E-state index is 12.4. The molecule has 0 radical (unpaired) electrons. The molecule has 0 unspecified atom stereocenters. The number of hydrogen-bond donors (Lipinski definition) is 2. The van der Waals surface area contributed by atoms with Gasteiger partial charge in [0.05, 0.1) is 12.0 Å². The fraction of sp³-hybridized carbons (Fsp3) is 0.389. The lowest BCUT2D eigenvalue weighted by atomic mass is 9.95. The van der Waals surface area contributed by atoms with E-state index in [1.165, 1.54) is 17.8 Å². The fourth-order valence-electron chi connectivity index (χ4n) is 3.48. The van der Waals surface area contributed by atoms with Crippen LogP contribution >= 0.6 is 11.3 Å². The van der Waals surface area contributed by atoms with Crippen molar-refractivity contribution in [3.8, 4) is 16.6 Å². The molecule has 2 aliphatic rings. The van der Waals surface area contributed by atoms with E-state index in [1.54, 1.807) is 7.11 Å². The predicted molar refractivity (Wildman–Crippen MR) is 93.2 cm³/mol. The third-order valence-electron chi connectivity index (χ3n) is 4.70. The molecule has 3 heterocycles. The molecule has 2 fully saturated rings. The van der Waals surface area contributed by atoms with Gasteiger partial charge >= 0.3 is 0 Å². The summed E-state index contributed by atoms with van der Waals surface area (Å²) in [5.74, 6) is 1.50. The van der Waals surface area contributed by atoms with Crippen molar-refractivity contribution in [1.29, 1.82) is 0 Å². The van der Waals surface area contributed by atoms with Gasteiger partial charge in [0.25, 0.3) is 5.91 Å². The molecular weight excluding hydrogens is 324 g/mol. The van der Waals surface area contributed by atoms with E-state index in [2.05, 4.69) is 10.6 Å². The summed E-state index contributed by atoms with van der Waals surface area (Å²) >= 11 is 1.36. The summed E-state index contributed by atoms with van der Waals surface area (Å²) in [5, 5.41) is 7.40. The summed E-state index contributed by atoms with van der Waals surface area (Å²) in [5.41, 5.74) is 0. The molecule has 0 aliphatic carbocycles. The van der Waals surface area contributed by atoms with Crippen molar-refractivity contribution >= 4 is 17.2 Å². The zero-order valence-electron chi connectivity index (χ0n) is 13.5. The van der Waals surface area contributed by atoms with Gasteiger partial charge in [-0.1, -0.05) is 11.3 Å². The molecule has 2 aromatic rings. The Kier molecular flexibility index (Phi) is 4.16. The molecule has 2 aliphatic heterocycles. The summed E-state index contributed by atoms with van der Waals surface area (Å²) in [6, 6.07) is 12.3. The van der Waals surface area contributed by atoms with Crippen LogP contribution in [0.15, 0.2) is 36.4 Å². The number of carbonyl (C=O) groups excluding carboxylic acids is 1. The molecule has 0 saturated carbocycles. The normalized spacial score (nSPS) is 24.8. The number of carbonyl (C=O) groups is 1. The smallest absolute Gasteiger partial charge is 0.261 e. The summed E-state index contributed by atoms with van der Waals surface area (Å²) in [6.45, 7) is 0. The molecule has 126 valence electrons. The van der Waals surface area contributed by atoms with Gasteiger partial charge in [-0.3, -0.25) is 4.79 Å². The number of hydrogen-bond acceptors (Lipinski definition) is 5. The van der Waals surface area contributed by atoms with Crippen molar-refractivity contribution < 1.29 is 14.3 Å². The Morgan fingerprint density at radius 1 is 1.17 bits per heavy atom. The van der Waals surface area contributed by atoms with Crippen molar-refractivity contribution in [2.24, 2.45) is 0 Å². The van der Waals surface area contributed by atoms with Gasteiger partial charge in [-0.25, -0.2) is 0 Å². The molecule has 6 heteroatoms. The Hall–Kier alpha value is -2.05. The fourth-order valence-corrected chi connectivity index (χ4v) is 4.26. The number of thiophene rings is 1. The molecule has 24 heavy (non-hydrogen) atoms. The van der Waals surface area contributed by atoms with Crippen LogP contribution in [0, 0.1) is 0 Å². The van der Waals surface area contributed by atoms with E-state index >= 15 is 0 Å². The molecule has 2 saturated heterocycles. The van der Waals surface area contributed by atoms with E-state index in [4.69, 9.17) is 9.47 Å². The van der Waals surface area contributed by atoms with Gasteiger partial charge in [0.15, 0.2) is 5.06 Å². The van der Waals surface area contributed by atoms with Gasteiger partial charge in [0.1, 0.15) is 11.5 Å². The summed E-state index contributed by atoms with van der Waals surface area (Å²) < 4.78 is 10.9. The lowest BCUT2D eigenvalue weighted by Gasteiger charge is -2.20. The zero-order valence-corrected chi connectivity index (χ0v) is 14.3. The molecule has 2 bridgehead atoms. The zero-order chi connectivity index (χ0) is 16.5. The first-order chi connectivity index (χ1) is 11.7. The van der Waals surface area contributed by atoms with Crippen LogP contribution in [0.2, 0.25) is 0 Å². The first-order valence-corrected chi connectivity index (χ1v) is 9.01. The minimum atomic E-state index is -0.0102. The Bertz CT molecular complexity index is 728. The summed E-state index contributed by atoms with van der Waals surface area (Å²) in [7, 11) is 1.63. The standard InChI is InChI=1S/C18H20N2O3S/c1-22-12-3-5-13(6-4-12)23-17-9-8-16(24-17)18(21)20-15-10-11-2-7-14(15)19-11/h3-6,8-9,11,14-15,19H,2,7,10H2,1H3,(H,20,21)/t11-,14+,15-/m1/s1. The maximum Gasteiger partial charge on any atom is 0.261 e. The SMILES string of the molecule is COc1ccc(Oc2ccc(C(=O)N[C@@H]3C[C@H]4CC[C@@H]3N4)s2)cc1. The van der Waals surface area contributed by atoms with E-state index in [1.807, 2.05) is 36.4 Å². The van der Waals surface area contributed by atoms with Crippen LogP contribution in [-0.4, -0.2) is 31.1 Å². The average molecular weight is 344 g/mol. The highest BCUT2D eigenvalue weighted by Crippen LogP contribution is 2.32. The van der Waals surface area contributed by atoms with E-state index in [-0.39, 0.29) is 11.9 Å². The van der Waals surface area contributed by atoms with E-state index < -0.39 is 0 Å². The summed E-state index contributed by atoms with van der Waals surface area (Å²) in [6.07, 6.45) is 3.43. The first-order valence-electron chi connectivity index (χ1n) is 8.20. The number of nitrogens with one attached hydrogen (secondary N) is 2. The minimum absolute atomic E-state index is 0.0102. The van der Waals surface area contributed by atoms with Crippen molar-refractivity contribution in [1.82, 2.24) is 10.6 Å².